The van der Waals surface area contributed by atoms with Crippen LogP contribution in [0.15, 0.2) is 33.3 Å². The number of nitrogens with two attached hydrogens (primary N) is 1. The van der Waals surface area contributed by atoms with Crippen molar-refractivity contribution in [2.45, 2.75) is 26.4 Å². The van der Waals surface area contributed by atoms with E-state index in [0.29, 0.717) is 12.0 Å². The van der Waals surface area contributed by atoms with E-state index in [0.717, 1.165) is 22.6 Å². The lowest BCUT2D eigenvalue weighted by atomic mass is 10.1. The maximum atomic E-state index is 12.5. The molecule has 0 spiro atoms. The monoisotopic (exact) mass is 368 g/mol. The number of alkyl halides is 3. The van der Waals surface area contributed by atoms with Crippen LogP contribution in [0.1, 0.15) is 28.5 Å². The van der Waals surface area contributed by atoms with Crippen LogP contribution < -0.4 is 5.73 Å². The van der Waals surface area contributed by atoms with E-state index in [1.807, 2.05) is 13.8 Å². The molecule has 1 aromatic carbocycles. The van der Waals surface area contributed by atoms with Gasteiger partial charge in [0.05, 0.1) is 5.69 Å². The number of benzene rings is 1. The SMILES string of the molecule is Cc1noc(Cc2ccc(-c3noc(C(F)(F)F)n3)cc2)c1C.NC=O. The predicted molar refractivity (Wildman–Crippen MR) is 83.8 cm³/mol. The molecule has 0 aliphatic carbocycles. The summed E-state index contributed by atoms with van der Waals surface area (Å²) in [5.41, 5.74) is 7.37. The van der Waals surface area contributed by atoms with Crippen molar-refractivity contribution in [3.8, 4) is 11.4 Å². The van der Waals surface area contributed by atoms with Gasteiger partial charge >= 0.3 is 12.1 Å². The number of hydrogen-bond acceptors (Lipinski definition) is 6. The van der Waals surface area contributed by atoms with Crippen molar-refractivity contribution in [2.75, 3.05) is 0 Å². The summed E-state index contributed by atoms with van der Waals surface area (Å²) in [5, 5.41) is 7.24. The molecular formula is C16H15F3N4O3. The van der Waals surface area contributed by atoms with E-state index >= 15 is 0 Å². The van der Waals surface area contributed by atoms with Gasteiger partial charge in [0.2, 0.25) is 12.2 Å². The first kappa shape index (κ1) is 19.2. The van der Waals surface area contributed by atoms with E-state index < -0.39 is 12.1 Å². The molecule has 0 atom stereocenters. The van der Waals surface area contributed by atoms with Crippen LogP contribution in [0.4, 0.5) is 13.2 Å². The maximum absolute atomic E-state index is 12.5. The summed E-state index contributed by atoms with van der Waals surface area (Å²) in [6, 6.07) is 6.82. The summed E-state index contributed by atoms with van der Waals surface area (Å²) in [6.45, 7) is 3.79. The van der Waals surface area contributed by atoms with Gasteiger partial charge < -0.3 is 14.8 Å². The summed E-state index contributed by atoms with van der Waals surface area (Å²) in [6.07, 6.45) is -3.85. The van der Waals surface area contributed by atoms with Crippen molar-refractivity contribution in [1.82, 2.24) is 15.3 Å². The third-order valence-electron chi connectivity index (χ3n) is 3.50. The van der Waals surface area contributed by atoms with Gasteiger partial charge in [0.1, 0.15) is 5.76 Å². The number of hydrogen-bond donors (Lipinski definition) is 1. The zero-order chi connectivity index (χ0) is 19.3. The molecule has 0 bridgehead atoms. The fourth-order valence-corrected chi connectivity index (χ4v) is 2.04. The Balaban J connectivity index is 0.000000758. The summed E-state index contributed by atoms with van der Waals surface area (Å²) in [7, 11) is 0. The first-order chi connectivity index (χ1) is 12.3. The molecule has 3 rings (SSSR count). The minimum absolute atomic E-state index is 0.101. The largest absolute Gasteiger partial charge is 0.471 e. The van der Waals surface area contributed by atoms with Gasteiger partial charge in [-0.25, -0.2) is 0 Å². The van der Waals surface area contributed by atoms with E-state index in [2.05, 4.69) is 25.6 Å². The summed E-state index contributed by atoms with van der Waals surface area (Å²) < 4.78 is 46.8. The number of rotatable bonds is 3. The Morgan fingerprint density at radius 3 is 2.19 bits per heavy atom. The average molecular weight is 368 g/mol. The molecule has 2 N–H and O–H groups in total. The standard InChI is InChI=1S/C15H12F3N3O2.CH3NO/c1-8-9(2)20-22-12(8)7-10-3-5-11(6-4-10)13-19-14(23-21-13)15(16,17)18;2-1-3/h3-6H,7H2,1-2H3;1H,(H2,2,3). The predicted octanol–water partition coefficient (Wildman–Crippen LogP) is 3.05. The van der Waals surface area contributed by atoms with Crippen LogP contribution in [0.25, 0.3) is 11.4 Å². The normalized spacial score (nSPS) is 11.0. The minimum Gasteiger partial charge on any atom is -0.372 e. The highest BCUT2D eigenvalue weighted by atomic mass is 19.4. The van der Waals surface area contributed by atoms with Crippen LogP contribution in [-0.4, -0.2) is 21.7 Å². The molecule has 138 valence electrons. The van der Waals surface area contributed by atoms with E-state index in [1.165, 1.54) is 0 Å². The van der Waals surface area contributed by atoms with Gasteiger partial charge in [0.15, 0.2) is 0 Å². The highest BCUT2D eigenvalue weighted by Crippen LogP contribution is 2.29. The fourth-order valence-electron chi connectivity index (χ4n) is 2.04. The number of amides is 1. The highest BCUT2D eigenvalue weighted by molar-refractivity contribution is 5.54. The van der Waals surface area contributed by atoms with E-state index in [1.54, 1.807) is 24.3 Å². The second-order valence-electron chi connectivity index (χ2n) is 5.25. The molecule has 26 heavy (non-hydrogen) atoms. The first-order valence-electron chi connectivity index (χ1n) is 7.33. The second-order valence-corrected chi connectivity index (χ2v) is 5.25. The number of nitrogens with zero attached hydrogens (tertiary/aromatic N) is 3. The van der Waals surface area contributed by atoms with Crippen molar-refractivity contribution in [3.63, 3.8) is 0 Å². The van der Waals surface area contributed by atoms with Crippen LogP contribution in [0.3, 0.4) is 0 Å². The van der Waals surface area contributed by atoms with Gasteiger partial charge in [-0.2, -0.15) is 18.2 Å². The van der Waals surface area contributed by atoms with Gasteiger partial charge in [-0.1, -0.05) is 34.6 Å². The van der Waals surface area contributed by atoms with Gasteiger partial charge in [-0.15, -0.1) is 0 Å². The van der Waals surface area contributed by atoms with Crippen molar-refractivity contribution in [3.05, 3.63) is 52.7 Å². The number of aromatic nitrogens is 3. The average Bonchev–Trinajstić information content (AvgIpc) is 3.19. The molecule has 7 nitrogen and oxygen atoms in total. The highest BCUT2D eigenvalue weighted by Gasteiger charge is 2.38. The molecule has 0 aliphatic rings. The fraction of sp³-hybridized carbons (Fsp3) is 0.250. The summed E-state index contributed by atoms with van der Waals surface area (Å²) in [5.74, 6) is -0.700. The number of halogens is 3. The van der Waals surface area contributed by atoms with Crippen LogP contribution >= 0.6 is 0 Å². The molecule has 1 amide bonds. The smallest absolute Gasteiger partial charge is 0.372 e. The van der Waals surface area contributed by atoms with Crippen LogP contribution in [0, 0.1) is 13.8 Å². The second kappa shape index (κ2) is 7.81. The molecule has 10 heteroatoms. The van der Waals surface area contributed by atoms with E-state index in [-0.39, 0.29) is 12.2 Å². The molecule has 0 radical (unpaired) electrons. The third kappa shape index (κ3) is 4.47. The topological polar surface area (TPSA) is 108 Å². The van der Waals surface area contributed by atoms with Crippen LogP contribution in [0.2, 0.25) is 0 Å². The molecule has 0 aliphatic heterocycles. The van der Waals surface area contributed by atoms with Crippen molar-refractivity contribution in [2.24, 2.45) is 5.73 Å². The zero-order valence-corrected chi connectivity index (χ0v) is 13.9. The first-order valence-corrected chi connectivity index (χ1v) is 7.33. The Labute approximate surface area is 146 Å². The van der Waals surface area contributed by atoms with Gasteiger partial charge in [-0.3, -0.25) is 4.79 Å². The Hall–Kier alpha value is -3.17. The van der Waals surface area contributed by atoms with Crippen LogP contribution in [0.5, 0.6) is 0 Å². The zero-order valence-electron chi connectivity index (χ0n) is 13.9. The number of aryl methyl sites for hydroxylation is 1. The summed E-state index contributed by atoms with van der Waals surface area (Å²) >= 11 is 0. The maximum Gasteiger partial charge on any atom is 0.471 e. The Morgan fingerprint density at radius 1 is 1.12 bits per heavy atom. The summed E-state index contributed by atoms with van der Waals surface area (Å²) in [4.78, 5) is 11.9. The number of primary amides is 1. The molecule has 0 unspecified atom stereocenters. The molecular weight excluding hydrogens is 353 g/mol. The molecule has 2 aromatic heterocycles. The Kier molecular flexibility index (Phi) is 5.75. The molecule has 3 aromatic rings. The van der Waals surface area contributed by atoms with Gasteiger partial charge in [0.25, 0.3) is 0 Å². The van der Waals surface area contributed by atoms with Crippen molar-refractivity contribution in [1.29, 1.82) is 0 Å². The number of carbonyl (C=O) groups is 1. The van der Waals surface area contributed by atoms with Crippen molar-refractivity contribution >= 4 is 6.41 Å². The van der Waals surface area contributed by atoms with E-state index in [9.17, 15) is 13.2 Å². The van der Waals surface area contributed by atoms with Gasteiger partial charge in [-0.05, 0) is 19.4 Å². The number of carbonyl (C=O) groups excluding carboxylic acids is 1. The Bertz CT molecular complexity index is 870. The third-order valence-corrected chi connectivity index (χ3v) is 3.50. The Morgan fingerprint density at radius 2 is 1.73 bits per heavy atom. The molecule has 0 saturated heterocycles. The molecule has 2 heterocycles. The molecule has 0 saturated carbocycles. The lowest BCUT2D eigenvalue weighted by Gasteiger charge is -2.00. The lowest BCUT2D eigenvalue weighted by Crippen LogP contribution is -2.04. The quantitative estimate of drug-likeness (QED) is 0.712. The van der Waals surface area contributed by atoms with Gasteiger partial charge in [0, 0.05) is 17.5 Å². The van der Waals surface area contributed by atoms with Crippen molar-refractivity contribution < 1.29 is 27.0 Å². The minimum atomic E-state index is -4.65. The van der Waals surface area contributed by atoms with Crippen LogP contribution in [-0.2, 0) is 17.4 Å². The van der Waals surface area contributed by atoms with E-state index in [4.69, 9.17) is 9.32 Å². The molecule has 0 fully saturated rings. The lowest BCUT2D eigenvalue weighted by molar-refractivity contribution is -0.159.